The highest BCUT2D eigenvalue weighted by Gasteiger charge is 1.98. The molecule has 1 aromatic carbocycles. The molecule has 0 saturated carbocycles. The Morgan fingerprint density at radius 1 is 1.36 bits per heavy atom. The highest BCUT2D eigenvalue weighted by molar-refractivity contribution is 7.83. The zero-order valence-corrected chi connectivity index (χ0v) is 7.02. The molecule has 0 fully saturated rings. The zero-order valence-electron chi connectivity index (χ0n) is 6.20. The third-order valence-corrected chi connectivity index (χ3v) is 2.26. The molecule has 1 rings (SSSR count). The van der Waals surface area contributed by atoms with Crippen LogP contribution in [0.3, 0.4) is 0 Å². The SMILES string of the molecule is Cc1ccc([S@](=O)NN)cc1. The Balaban J connectivity index is 2.90. The number of hydrazine groups is 1. The van der Waals surface area contributed by atoms with Crippen molar-refractivity contribution in [3.8, 4) is 0 Å². The van der Waals surface area contributed by atoms with Gasteiger partial charge in [0.05, 0.1) is 4.90 Å². The topological polar surface area (TPSA) is 55.1 Å². The first kappa shape index (κ1) is 8.39. The third kappa shape index (κ3) is 2.11. The van der Waals surface area contributed by atoms with E-state index in [4.69, 9.17) is 5.84 Å². The Hall–Kier alpha value is -0.710. The second kappa shape index (κ2) is 3.61. The Morgan fingerprint density at radius 3 is 2.36 bits per heavy atom. The van der Waals surface area contributed by atoms with Crippen LogP contribution in [-0.2, 0) is 11.0 Å². The van der Waals surface area contributed by atoms with Gasteiger partial charge in [-0.3, -0.25) is 5.84 Å². The zero-order chi connectivity index (χ0) is 8.27. The van der Waals surface area contributed by atoms with Crippen LogP contribution in [0.5, 0.6) is 0 Å². The molecule has 1 atom stereocenters. The van der Waals surface area contributed by atoms with Crippen LogP contribution in [0, 0.1) is 6.92 Å². The number of aryl methyl sites for hydroxylation is 1. The smallest absolute Gasteiger partial charge is 0.138 e. The van der Waals surface area contributed by atoms with Crippen molar-refractivity contribution in [1.29, 1.82) is 0 Å². The molecule has 0 aliphatic heterocycles. The Labute approximate surface area is 68.2 Å². The van der Waals surface area contributed by atoms with E-state index in [2.05, 4.69) is 4.83 Å². The maximum Gasteiger partial charge on any atom is 0.138 e. The Bertz CT molecular complexity index is 258. The van der Waals surface area contributed by atoms with Gasteiger partial charge in [-0.2, -0.15) is 4.83 Å². The molecule has 1 aromatic rings. The summed E-state index contributed by atoms with van der Waals surface area (Å²) in [6.07, 6.45) is 0. The van der Waals surface area contributed by atoms with E-state index in [0.717, 1.165) is 5.56 Å². The predicted octanol–water partition coefficient (Wildman–Crippen LogP) is 0.481. The average molecular weight is 170 g/mol. The van der Waals surface area contributed by atoms with Gasteiger partial charge < -0.3 is 0 Å². The lowest BCUT2D eigenvalue weighted by molar-refractivity contribution is 0.674. The van der Waals surface area contributed by atoms with E-state index in [1.54, 1.807) is 12.1 Å². The normalized spacial score (nSPS) is 12.9. The fourth-order valence-electron chi connectivity index (χ4n) is 0.730. The maximum atomic E-state index is 11.0. The van der Waals surface area contributed by atoms with Crippen LogP contribution in [0.4, 0.5) is 0 Å². The molecule has 0 bridgehead atoms. The fourth-order valence-corrected chi connectivity index (χ4v) is 1.25. The summed E-state index contributed by atoms with van der Waals surface area (Å²) in [5.41, 5.74) is 1.14. The van der Waals surface area contributed by atoms with Crippen molar-refractivity contribution in [3.63, 3.8) is 0 Å². The monoisotopic (exact) mass is 170 g/mol. The number of hydrogen-bond donors (Lipinski definition) is 2. The van der Waals surface area contributed by atoms with Crippen molar-refractivity contribution in [2.45, 2.75) is 11.8 Å². The average Bonchev–Trinajstić information content (AvgIpc) is 2.05. The van der Waals surface area contributed by atoms with Crippen LogP contribution < -0.4 is 10.7 Å². The van der Waals surface area contributed by atoms with Crippen molar-refractivity contribution in [2.24, 2.45) is 5.84 Å². The summed E-state index contributed by atoms with van der Waals surface area (Å²) >= 11 is 0. The highest BCUT2D eigenvalue weighted by atomic mass is 32.2. The third-order valence-electron chi connectivity index (χ3n) is 1.34. The standard InChI is InChI=1S/C7H10N2OS/c1-6-2-4-7(5-3-6)11(10)9-8/h2-5,9H,8H2,1H3/t11-/m0/s1. The van der Waals surface area contributed by atoms with Gasteiger partial charge in [-0.15, -0.1) is 0 Å². The summed E-state index contributed by atoms with van der Waals surface area (Å²) < 4.78 is 11.0. The lowest BCUT2D eigenvalue weighted by Crippen LogP contribution is -2.24. The van der Waals surface area contributed by atoms with Gasteiger partial charge in [0, 0.05) is 0 Å². The van der Waals surface area contributed by atoms with Gasteiger partial charge in [0.2, 0.25) is 0 Å². The second-order valence-electron chi connectivity index (χ2n) is 2.20. The second-order valence-corrected chi connectivity index (χ2v) is 3.44. The molecular weight excluding hydrogens is 160 g/mol. The van der Waals surface area contributed by atoms with Gasteiger partial charge >= 0.3 is 0 Å². The van der Waals surface area contributed by atoms with Gasteiger partial charge in [-0.1, -0.05) is 17.7 Å². The summed E-state index contributed by atoms with van der Waals surface area (Å²) in [5.74, 6) is 4.99. The van der Waals surface area contributed by atoms with Gasteiger partial charge in [0.25, 0.3) is 0 Å². The molecule has 0 aliphatic rings. The lowest BCUT2D eigenvalue weighted by Gasteiger charge is -1.98. The van der Waals surface area contributed by atoms with Crippen molar-refractivity contribution < 1.29 is 4.21 Å². The number of nitrogens with two attached hydrogens (primary N) is 1. The molecule has 0 heterocycles. The highest BCUT2D eigenvalue weighted by Crippen LogP contribution is 2.05. The number of hydrogen-bond acceptors (Lipinski definition) is 2. The summed E-state index contributed by atoms with van der Waals surface area (Å²) in [7, 11) is -1.27. The van der Waals surface area contributed by atoms with E-state index in [1.807, 2.05) is 19.1 Å². The molecule has 60 valence electrons. The minimum absolute atomic E-state index is 0.693. The van der Waals surface area contributed by atoms with Crippen LogP contribution in [-0.4, -0.2) is 4.21 Å². The van der Waals surface area contributed by atoms with Crippen LogP contribution in [0.1, 0.15) is 5.56 Å². The fraction of sp³-hybridized carbons (Fsp3) is 0.143. The van der Waals surface area contributed by atoms with Gasteiger partial charge in [-0.25, -0.2) is 4.21 Å². The van der Waals surface area contributed by atoms with E-state index < -0.39 is 11.0 Å². The predicted molar refractivity (Wildman–Crippen MR) is 44.9 cm³/mol. The molecule has 0 spiro atoms. The number of rotatable bonds is 2. The molecule has 11 heavy (non-hydrogen) atoms. The van der Waals surface area contributed by atoms with Crippen molar-refractivity contribution in [2.75, 3.05) is 0 Å². The van der Waals surface area contributed by atoms with E-state index in [0.29, 0.717) is 4.90 Å². The first-order valence-corrected chi connectivity index (χ1v) is 4.33. The van der Waals surface area contributed by atoms with Crippen molar-refractivity contribution in [1.82, 2.24) is 4.83 Å². The van der Waals surface area contributed by atoms with Crippen LogP contribution in [0.25, 0.3) is 0 Å². The van der Waals surface area contributed by atoms with Crippen LogP contribution in [0.2, 0.25) is 0 Å². The first-order chi connectivity index (χ1) is 5.24. The quantitative estimate of drug-likeness (QED) is 0.501. The number of benzene rings is 1. The molecule has 3 N–H and O–H groups in total. The molecule has 3 nitrogen and oxygen atoms in total. The summed E-state index contributed by atoms with van der Waals surface area (Å²) in [6.45, 7) is 1.97. The van der Waals surface area contributed by atoms with E-state index >= 15 is 0 Å². The van der Waals surface area contributed by atoms with Crippen molar-refractivity contribution in [3.05, 3.63) is 29.8 Å². The van der Waals surface area contributed by atoms with Crippen molar-refractivity contribution >= 4 is 11.0 Å². The molecule has 0 amide bonds. The van der Waals surface area contributed by atoms with Gasteiger partial charge in [0.1, 0.15) is 11.0 Å². The van der Waals surface area contributed by atoms with E-state index in [-0.39, 0.29) is 0 Å². The van der Waals surface area contributed by atoms with Gasteiger partial charge in [-0.05, 0) is 19.1 Å². The lowest BCUT2D eigenvalue weighted by atomic mass is 10.2. The number of nitrogens with one attached hydrogen (secondary N) is 1. The van der Waals surface area contributed by atoms with Gasteiger partial charge in [0.15, 0.2) is 0 Å². The van der Waals surface area contributed by atoms with Crippen LogP contribution >= 0.6 is 0 Å². The molecule has 0 radical (unpaired) electrons. The van der Waals surface area contributed by atoms with E-state index in [1.165, 1.54) is 0 Å². The molecule has 0 unspecified atom stereocenters. The molecule has 0 aliphatic carbocycles. The molecule has 0 saturated heterocycles. The molecule has 0 aromatic heterocycles. The molecular formula is C7H10N2OS. The first-order valence-electron chi connectivity index (χ1n) is 3.18. The summed E-state index contributed by atoms with van der Waals surface area (Å²) in [5, 5.41) is 0. The van der Waals surface area contributed by atoms with Crippen LogP contribution in [0.15, 0.2) is 29.2 Å². The summed E-state index contributed by atoms with van der Waals surface area (Å²) in [4.78, 5) is 2.87. The van der Waals surface area contributed by atoms with E-state index in [9.17, 15) is 4.21 Å². The molecule has 4 heteroatoms. The Morgan fingerprint density at radius 2 is 1.91 bits per heavy atom. The maximum absolute atomic E-state index is 11.0. The summed E-state index contributed by atoms with van der Waals surface area (Å²) in [6, 6.07) is 7.35. The Kier molecular flexibility index (Phi) is 2.76. The minimum Gasteiger partial charge on any atom is -0.259 e. The minimum atomic E-state index is -1.27. The largest absolute Gasteiger partial charge is 0.259 e.